The van der Waals surface area contributed by atoms with Crippen molar-refractivity contribution in [3.8, 4) is 0 Å². The first-order valence-electron chi connectivity index (χ1n) is 6.45. The van der Waals surface area contributed by atoms with Crippen molar-refractivity contribution in [1.82, 2.24) is 5.32 Å². The second-order valence-electron chi connectivity index (χ2n) is 4.32. The van der Waals surface area contributed by atoms with E-state index in [1.54, 1.807) is 7.11 Å². The standard InChI is InChI=1S/C14H23NO3/c1-4-18-14(16)15-12-10-11(2)8-6-5-7-9-13(12)17-3/h7,10-11,14-16H,4-6,8H2,1-3H3/b12-10+. The van der Waals surface area contributed by atoms with Gasteiger partial charge in [0.05, 0.1) is 12.8 Å². The van der Waals surface area contributed by atoms with Crippen LogP contribution in [0.1, 0.15) is 33.1 Å². The maximum absolute atomic E-state index is 9.65. The second kappa shape index (κ2) is 7.98. The molecule has 1 aliphatic carbocycles. The number of hydrogen-bond acceptors (Lipinski definition) is 4. The molecule has 0 bridgehead atoms. The third kappa shape index (κ3) is 4.96. The smallest absolute Gasteiger partial charge is 0.235 e. The van der Waals surface area contributed by atoms with Crippen LogP contribution < -0.4 is 5.32 Å². The topological polar surface area (TPSA) is 50.7 Å². The molecule has 0 heterocycles. The van der Waals surface area contributed by atoms with Crippen molar-refractivity contribution in [2.45, 2.75) is 39.5 Å². The summed E-state index contributed by atoms with van der Waals surface area (Å²) in [4.78, 5) is 0. The van der Waals surface area contributed by atoms with Crippen LogP contribution >= 0.6 is 0 Å². The zero-order chi connectivity index (χ0) is 13.4. The van der Waals surface area contributed by atoms with Gasteiger partial charge >= 0.3 is 0 Å². The quantitative estimate of drug-likeness (QED) is 0.583. The Bertz CT molecular complexity index is 343. The molecule has 0 aromatic carbocycles. The number of allylic oxidation sites excluding steroid dienone is 1. The van der Waals surface area contributed by atoms with Gasteiger partial charge in [0, 0.05) is 6.61 Å². The Morgan fingerprint density at radius 3 is 3.06 bits per heavy atom. The first-order valence-corrected chi connectivity index (χ1v) is 6.45. The molecular formula is C14H23NO3. The maximum Gasteiger partial charge on any atom is 0.235 e. The highest BCUT2D eigenvalue weighted by Crippen LogP contribution is 2.17. The summed E-state index contributed by atoms with van der Waals surface area (Å²) in [5.74, 6) is 1.02. The van der Waals surface area contributed by atoms with Crippen molar-refractivity contribution in [2.75, 3.05) is 13.7 Å². The summed E-state index contributed by atoms with van der Waals surface area (Å²) in [5.41, 5.74) is 3.83. The lowest BCUT2D eigenvalue weighted by Gasteiger charge is -2.18. The van der Waals surface area contributed by atoms with E-state index in [0.717, 1.165) is 25.0 Å². The molecule has 18 heavy (non-hydrogen) atoms. The number of aliphatic hydroxyl groups is 1. The number of methoxy groups -OCH3 is 1. The molecule has 0 amide bonds. The molecule has 0 saturated heterocycles. The highest BCUT2D eigenvalue weighted by atomic mass is 16.6. The van der Waals surface area contributed by atoms with Gasteiger partial charge in [-0.2, -0.15) is 0 Å². The first-order chi connectivity index (χ1) is 8.67. The summed E-state index contributed by atoms with van der Waals surface area (Å²) in [6.07, 6.45) is 6.22. The molecule has 0 fully saturated rings. The van der Waals surface area contributed by atoms with E-state index in [4.69, 9.17) is 9.47 Å². The molecule has 0 aromatic heterocycles. The predicted molar refractivity (Wildman–Crippen MR) is 70.5 cm³/mol. The SMILES string of the molecule is CCOC(O)N/C1=C/C(C)CCCC=C=C1OC. The molecule has 4 heteroatoms. The normalized spacial score (nSPS) is 25.0. The van der Waals surface area contributed by atoms with Gasteiger partial charge in [-0.15, -0.1) is 0 Å². The lowest BCUT2D eigenvalue weighted by atomic mass is 10.0. The van der Waals surface area contributed by atoms with E-state index >= 15 is 0 Å². The van der Waals surface area contributed by atoms with E-state index < -0.39 is 6.41 Å². The van der Waals surface area contributed by atoms with E-state index in [9.17, 15) is 5.11 Å². The lowest BCUT2D eigenvalue weighted by molar-refractivity contribution is -0.110. The summed E-state index contributed by atoms with van der Waals surface area (Å²) in [7, 11) is 1.60. The van der Waals surface area contributed by atoms with Gasteiger partial charge in [-0.1, -0.05) is 18.7 Å². The fourth-order valence-electron chi connectivity index (χ4n) is 1.84. The average molecular weight is 253 g/mol. The van der Waals surface area contributed by atoms with Crippen LogP contribution in [0.2, 0.25) is 0 Å². The molecule has 0 saturated carbocycles. The minimum Gasteiger partial charge on any atom is -0.487 e. The maximum atomic E-state index is 9.65. The lowest BCUT2D eigenvalue weighted by Crippen LogP contribution is -2.32. The van der Waals surface area contributed by atoms with Crippen molar-refractivity contribution < 1.29 is 14.6 Å². The molecule has 2 N–H and O–H groups in total. The molecule has 0 aliphatic heterocycles. The van der Waals surface area contributed by atoms with Crippen LogP contribution in [-0.2, 0) is 9.47 Å². The second-order valence-corrected chi connectivity index (χ2v) is 4.32. The molecule has 0 aromatic rings. The summed E-state index contributed by atoms with van der Waals surface area (Å²) < 4.78 is 10.4. The third-order valence-corrected chi connectivity index (χ3v) is 2.74. The van der Waals surface area contributed by atoms with Crippen molar-refractivity contribution >= 4 is 0 Å². The van der Waals surface area contributed by atoms with Crippen molar-refractivity contribution in [3.05, 3.63) is 29.3 Å². The van der Waals surface area contributed by atoms with Crippen LogP contribution in [0, 0.1) is 5.92 Å². The van der Waals surface area contributed by atoms with E-state index in [0.29, 0.717) is 18.3 Å². The van der Waals surface area contributed by atoms with Crippen LogP contribution in [0.5, 0.6) is 0 Å². The monoisotopic (exact) mass is 253 g/mol. The minimum absolute atomic E-state index is 0.416. The molecule has 0 radical (unpaired) electrons. The summed E-state index contributed by atoms with van der Waals surface area (Å²) in [5, 5.41) is 12.5. The number of nitrogens with one attached hydrogen (secondary N) is 1. The van der Waals surface area contributed by atoms with Gasteiger partial charge in [0.25, 0.3) is 0 Å². The number of rotatable bonds is 5. The molecule has 0 spiro atoms. The fourth-order valence-corrected chi connectivity index (χ4v) is 1.84. The van der Waals surface area contributed by atoms with Gasteiger partial charge in [0.1, 0.15) is 0 Å². The van der Waals surface area contributed by atoms with Crippen molar-refractivity contribution in [2.24, 2.45) is 5.92 Å². The average Bonchev–Trinajstić information content (AvgIpc) is 2.40. The highest BCUT2D eigenvalue weighted by molar-refractivity contribution is 5.25. The van der Waals surface area contributed by atoms with Crippen LogP contribution in [0.3, 0.4) is 0 Å². The largest absolute Gasteiger partial charge is 0.487 e. The van der Waals surface area contributed by atoms with Crippen LogP contribution in [0.4, 0.5) is 0 Å². The van der Waals surface area contributed by atoms with Crippen molar-refractivity contribution in [1.29, 1.82) is 0 Å². The Hall–Kier alpha value is -1.22. The molecule has 1 aliphatic rings. The Labute approximate surface area is 109 Å². The molecule has 2 unspecified atom stereocenters. The van der Waals surface area contributed by atoms with Crippen LogP contribution in [0.15, 0.2) is 29.3 Å². The number of ether oxygens (including phenoxy) is 2. The number of hydrogen-bond donors (Lipinski definition) is 2. The van der Waals surface area contributed by atoms with Crippen LogP contribution in [-0.4, -0.2) is 25.2 Å². The van der Waals surface area contributed by atoms with Gasteiger partial charge in [-0.3, -0.25) is 0 Å². The van der Waals surface area contributed by atoms with E-state index in [-0.39, 0.29) is 0 Å². The predicted octanol–water partition coefficient (Wildman–Crippen LogP) is 2.28. The Kier molecular flexibility index (Phi) is 6.58. The minimum atomic E-state index is -1.03. The molecule has 4 nitrogen and oxygen atoms in total. The third-order valence-electron chi connectivity index (χ3n) is 2.74. The molecule has 2 atom stereocenters. The van der Waals surface area contributed by atoms with Crippen LogP contribution in [0.25, 0.3) is 0 Å². The van der Waals surface area contributed by atoms with Crippen molar-refractivity contribution in [3.63, 3.8) is 0 Å². The van der Waals surface area contributed by atoms with Gasteiger partial charge in [0.15, 0.2) is 5.76 Å². The zero-order valence-electron chi connectivity index (χ0n) is 11.4. The van der Waals surface area contributed by atoms with Gasteiger partial charge in [-0.05, 0) is 38.2 Å². The Morgan fingerprint density at radius 2 is 2.39 bits per heavy atom. The Morgan fingerprint density at radius 1 is 1.61 bits per heavy atom. The van der Waals surface area contributed by atoms with Gasteiger partial charge in [0.2, 0.25) is 6.41 Å². The summed E-state index contributed by atoms with van der Waals surface area (Å²) >= 11 is 0. The molecule has 1 rings (SSSR count). The summed E-state index contributed by atoms with van der Waals surface area (Å²) in [6.45, 7) is 4.42. The van der Waals surface area contributed by atoms with E-state index in [2.05, 4.69) is 18.0 Å². The highest BCUT2D eigenvalue weighted by Gasteiger charge is 2.12. The first kappa shape index (κ1) is 14.8. The zero-order valence-corrected chi connectivity index (χ0v) is 11.4. The van der Waals surface area contributed by atoms with E-state index in [1.807, 2.05) is 19.1 Å². The van der Waals surface area contributed by atoms with Gasteiger partial charge in [-0.25, -0.2) is 0 Å². The fraction of sp³-hybridized carbons (Fsp3) is 0.643. The van der Waals surface area contributed by atoms with E-state index in [1.165, 1.54) is 0 Å². The Balaban J connectivity index is 2.89. The number of aliphatic hydroxyl groups excluding tert-OH is 1. The molecule has 102 valence electrons. The summed E-state index contributed by atoms with van der Waals surface area (Å²) in [6, 6.07) is 0. The van der Waals surface area contributed by atoms with Gasteiger partial charge < -0.3 is 19.9 Å². The molecular weight excluding hydrogens is 230 g/mol.